The number of carbonyl (C=O) groups is 2. The first kappa shape index (κ1) is 17.2. The quantitative estimate of drug-likeness (QED) is 0.760. The Kier molecular flexibility index (Phi) is 5.91. The SMILES string of the molecule is CCCNC(=O)c1nn(CC)cc1NC(=O)Cn1cc(Br)cn1. The maximum atomic E-state index is 12.1. The Morgan fingerprint density at radius 1 is 1.26 bits per heavy atom. The van der Waals surface area contributed by atoms with Crippen molar-refractivity contribution in [3.05, 3.63) is 28.8 Å². The molecule has 0 bridgehead atoms. The van der Waals surface area contributed by atoms with Gasteiger partial charge in [-0.2, -0.15) is 10.2 Å². The zero-order chi connectivity index (χ0) is 16.8. The van der Waals surface area contributed by atoms with Crippen LogP contribution in [0.4, 0.5) is 5.69 Å². The van der Waals surface area contributed by atoms with Crippen LogP contribution in [0.1, 0.15) is 30.8 Å². The molecule has 23 heavy (non-hydrogen) atoms. The van der Waals surface area contributed by atoms with Gasteiger partial charge in [0, 0.05) is 25.5 Å². The van der Waals surface area contributed by atoms with Gasteiger partial charge in [0.15, 0.2) is 5.69 Å². The highest BCUT2D eigenvalue weighted by Gasteiger charge is 2.18. The molecular weight excluding hydrogens is 364 g/mol. The van der Waals surface area contributed by atoms with E-state index in [4.69, 9.17) is 0 Å². The summed E-state index contributed by atoms with van der Waals surface area (Å²) in [6.07, 6.45) is 5.78. The molecule has 124 valence electrons. The van der Waals surface area contributed by atoms with Gasteiger partial charge in [-0.3, -0.25) is 19.0 Å². The van der Waals surface area contributed by atoms with Crippen molar-refractivity contribution in [1.29, 1.82) is 0 Å². The molecule has 2 aromatic heterocycles. The zero-order valence-electron chi connectivity index (χ0n) is 13.0. The van der Waals surface area contributed by atoms with Gasteiger partial charge in [-0.1, -0.05) is 6.92 Å². The lowest BCUT2D eigenvalue weighted by atomic mass is 10.3. The molecule has 2 heterocycles. The Balaban J connectivity index is 2.09. The Morgan fingerprint density at radius 2 is 2.04 bits per heavy atom. The summed E-state index contributed by atoms with van der Waals surface area (Å²) in [6.45, 7) is 5.10. The fourth-order valence-electron chi connectivity index (χ4n) is 1.93. The average Bonchev–Trinajstić information content (AvgIpc) is 3.11. The summed E-state index contributed by atoms with van der Waals surface area (Å²) >= 11 is 3.27. The van der Waals surface area contributed by atoms with E-state index in [-0.39, 0.29) is 24.1 Å². The summed E-state index contributed by atoms with van der Waals surface area (Å²) in [5, 5.41) is 13.7. The van der Waals surface area contributed by atoms with Crippen molar-refractivity contribution in [2.75, 3.05) is 11.9 Å². The van der Waals surface area contributed by atoms with Crippen molar-refractivity contribution in [1.82, 2.24) is 24.9 Å². The van der Waals surface area contributed by atoms with Crippen LogP contribution in [-0.4, -0.2) is 37.9 Å². The second-order valence-corrected chi connectivity index (χ2v) is 5.82. The molecule has 0 fully saturated rings. The van der Waals surface area contributed by atoms with E-state index in [0.717, 1.165) is 10.9 Å². The fraction of sp³-hybridized carbons (Fsp3) is 0.429. The van der Waals surface area contributed by atoms with Crippen LogP contribution in [0, 0.1) is 0 Å². The molecule has 2 N–H and O–H groups in total. The van der Waals surface area contributed by atoms with Crippen molar-refractivity contribution in [2.45, 2.75) is 33.4 Å². The predicted octanol–water partition coefficient (Wildman–Crippen LogP) is 1.64. The average molecular weight is 383 g/mol. The van der Waals surface area contributed by atoms with E-state index >= 15 is 0 Å². The van der Waals surface area contributed by atoms with E-state index in [2.05, 4.69) is 36.8 Å². The third-order valence-electron chi connectivity index (χ3n) is 3.02. The summed E-state index contributed by atoms with van der Waals surface area (Å²) in [4.78, 5) is 24.3. The van der Waals surface area contributed by atoms with Crippen molar-refractivity contribution < 1.29 is 9.59 Å². The Bertz CT molecular complexity index is 693. The molecule has 0 aliphatic rings. The van der Waals surface area contributed by atoms with Crippen molar-refractivity contribution in [2.24, 2.45) is 0 Å². The second kappa shape index (κ2) is 7.91. The lowest BCUT2D eigenvalue weighted by Crippen LogP contribution is -2.26. The Morgan fingerprint density at radius 3 is 2.65 bits per heavy atom. The van der Waals surface area contributed by atoms with Gasteiger partial charge >= 0.3 is 0 Å². The molecule has 0 spiro atoms. The maximum absolute atomic E-state index is 12.1. The van der Waals surface area contributed by atoms with Crippen LogP contribution in [0.3, 0.4) is 0 Å². The number of rotatable bonds is 7. The number of halogens is 1. The minimum Gasteiger partial charge on any atom is -0.351 e. The number of nitrogens with one attached hydrogen (secondary N) is 2. The monoisotopic (exact) mass is 382 g/mol. The van der Waals surface area contributed by atoms with E-state index in [1.165, 1.54) is 4.68 Å². The predicted molar refractivity (Wildman–Crippen MR) is 89.1 cm³/mol. The highest BCUT2D eigenvalue weighted by molar-refractivity contribution is 9.10. The van der Waals surface area contributed by atoms with Crippen molar-refractivity contribution >= 4 is 33.4 Å². The summed E-state index contributed by atoms with van der Waals surface area (Å²) in [7, 11) is 0. The number of nitrogens with zero attached hydrogens (tertiary/aromatic N) is 4. The van der Waals surface area contributed by atoms with Crippen LogP contribution in [0.15, 0.2) is 23.1 Å². The smallest absolute Gasteiger partial charge is 0.273 e. The molecule has 0 unspecified atom stereocenters. The van der Waals surface area contributed by atoms with E-state index in [1.54, 1.807) is 23.3 Å². The van der Waals surface area contributed by atoms with Crippen LogP contribution in [0.5, 0.6) is 0 Å². The third kappa shape index (κ3) is 4.65. The molecule has 0 atom stereocenters. The van der Waals surface area contributed by atoms with Crippen molar-refractivity contribution in [3.63, 3.8) is 0 Å². The lowest BCUT2D eigenvalue weighted by Gasteiger charge is -2.06. The summed E-state index contributed by atoms with van der Waals surface area (Å²) < 4.78 is 3.91. The normalized spacial score (nSPS) is 10.6. The summed E-state index contributed by atoms with van der Waals surface area (Å²) in [6, 6.07) is 0. The van der Waals surface area contributed by atoms with Crippen LogP contribution in [-0.2, 0) is 17.9 Å². The zero-order valence-corrected chi connectivity index (χ0v) is 14.6. The molecule has 0 aliphatic carbocycles. The molecule has 0 saturated carbocycles. The van der Waals surface area contributed by atoms with Crippen LogP contribution in [0.2, 0.25) is 0 Å². The number of amides is 2. The molecule has 2 rings (SSSR count). The second-order valence-electron chi connectivity index (χ2n) is 4.91. The molecular formula is C14H19BrN6O2. The number of aryl methyl sites for hydroxylation is 1. The van der Waals surface area contributed by atoms with Crippen LogP contribution in [0.25, 0.3) is 0 Å². The number of anilines is 1. The molecule has 0 aromatic carbocycles. The van der Waals surface area contributed by atoms with Crippen LogP contribution < -0.4 is 10.6 Å². The molecule has 0 saturated heterocycles. The largest absolute Gasteiger partial charge is 0.351 e. The first-order chi connectivity index (χ1) is 11.0. The number of carbonyl (C=O) groups excluding carboxylic acids is 2. The van der Waals surface area contributed by atoms with Crippen molar-refractivity contribution in [3.8, 4) is 0 Å². The maximum Gasteiger partial charge on any atom is 0.273 e. The molecule has 8 nitrogen and oxygen atoms in total. The van der Waals surface area contributed by atoms with E-state index in [9.17, 15) is 9.59 Å². The van der Waals surface area contributed by atoms with Crippen LogP contribution >= 0.6 is 15.9 Å². The molecule has 9 heteroatoms. The fourth-order valence-corrected chi connectivity index (χ4v) is 2.25. The minimum absolute atomic E-state index is 0.0545. The standard InChI is InChI=1S/C14H19BrN6O2/c1-3-5-16-14(23)13-11(8-20(4-2)19-13)18-12(22)9-21-7-10(15)6-17-21/h6-8H,3-5,9H2,1-2H3,(H,16,23)(H,18,22). The lowest BCUT2D eigenvalue weighted by molar-refractivity contribution is -0.116. The Hall–Kier alpha value is -2.16. The van der Waals surface area contributed by atoms with E-state index in [1.807, 2.05) is 13.8 Å². The first-order valence-electron chi connectivity index (χ1n) is 7.37. The van der Waals surface area contributed by atoms with Gasteiger partial charge in [0.1, 0.15) is 6.54 Å². The van der Waals surface area contributed by atoms with E-state index < -0.39 is 0 Å². The highest BCUT2D eigenvalue weighted by atomic mass is 79.9. The highest BCUT2D eigenvalue weighted by Crippen LogP contribution is 2.14. The minimum atomic E-state index is -0.295. The van der Waals surface area contributed by atoms with E-state index in [0.29, 0.717) is 18.8 Å². The van der Waals surface area contributed by atoms with Gasteiger partial charge in [0.2, 0.25) is 5.91 Å². The van der Waals surface area contributed by atoms with Gasteiger partial charge in [-0.25, -0.2) is 0 Å². The first-order valence-corrected chi connectivity index (χ1v) is 8.16. The Labute approximate surface area is 142 Å². The number of hydrogen-bond acceptors (Lipinski definition) is 4. The van der Waals surface area contributed by atoms with Gasteiger partial charge in [0.25, 0.3) is 5.91 Å². The molecule has 0 radical (unpaired) electrons. The summed E-state index contributed by atoms with van der Waals surface area (Å²) in [5.74, 6) is -0.572. The third-order valence-corrected chi connectivity index (χ3v) is 3.43. The van der Waals surface area contributed by atoms with Gasteiger partial charge in [-0.05, 0) is 29.3 Å². The number of hydrogen-bond donors (Lipinski definition) is 2. The number of aromatic nitrogens is 4. The molecule has 0 aliphatic heterocycles. The molecule has 2 aromatic rings. The summed E-state index contributed by atoms with van der Waals surface area (Å²) in [5.41, 5.74) is 0.618. The van der Waals surface area contributed by atoms with Gasteiger partial charge in [-0.15, -0.1) is 0 Å². The van der Waals surface area contributed by atoms with Gasteiger partial charge in [0.05, 0.1) is 16.4 Å². The topological polar surface area (TPSA) is 93.8 Å². The van der Waals surface area contributed by atoms with Gasteiger partial charge < -0.3 is 10.6 Å². The molecule has 2 amide bonds.